The predicted molar refractivity (Wildman–Crippen MR) is 63.0 cm³/mol. The molecule has 0 saturated carbocycles. The number of rotatable bonds is 3. The molecule has 1 saturated heterocycles. The van der Waals surface area contributed by atoms with E-state index in [1.54, 1.807) is 0 Å². The average Bonchev–Trinajstić information content (AvgIpc) is 2.08. The Morgan fingerprint density at radius 1 is 1.38 bits per heavy atom. The summed E-state index contributed by atoms with van der Waals surface area (Å²) in [5.41, 5.74) is 0.130. The van der Waals surface area contributed by atoms with Crippen LogP contribution in [0.3, 0.4) is 0 Å². The molecule has 0 aromatic carbocycles. The lowest BCUT2D eigenvalue weighted by Crippen LogP contribution is -2.55. The van der Waals surface area contributed by atoms with Crippen molar-refractivity contribution >= 4 is 11.9 Å². The molecule has 1 rings (SSSR count). The molecule has 0 aliphatic carbocycles. The summed E-state index contributed by atoms with van der Waals surface area (Å²) in [7, 11) is 0. The van der Waals surface area contributed by atoms with Gasteiger partial charge in [-0.05, 0) is 18.3 Å². The van der Waals surface area contributed by atoms with Gasteiger partial charge in [-0.1, -0.05) is 27.7 Å². The van der Waals surface area contributed by atoms with Crippen LogP contribution in [0.2, 0.25) is 0 Å². The molecule has 1 aliphatic rings. The first-order chi connectivity index (χ1) is 7.33. The van der Waals surface area contributed by atoms with E-state index >= 15 is 0 Å². The predicted octanol–water partition coefficient (Wildman–Crippen LogP) is 2.14. The Kier molecular flexibility index (Phi) is 3.94. The number of hydrogen-bond donors (Lipinski definition) is 1. The third-order valence-corrected chi connectivity index (χ3v) is 2.60. The number of nitrogens with one attached hydrogen (secondary N) is 1. The molecular weight excluding hydrogens is 204 g/mol. The molecule has 92 valence electrons. The summed E-state index contributed by atoms with van der Waals surface area (Å²) in [4.78, 5) is 24.8. The lowest BCUT2D eigenvalue weighted by Gasteiger charge is -2.34. The SMILES string of the molecule is CCCN1C(=O)CC(CC(C)(C)C)NC1=O. The molecule has 0 aromatic rings. The Balaban J connectivity index is 2.59. The van der Waals surface area contributed by atoms with Crippen LogP contribution in [0.25, 0.3) is 0 Å². The van der Waals surface area contributed by atoms with Gasteiger partial charge in [0.15, 0.2) is 0 Å². The van der Waals surface area contributed by atoms with Gasteiger partial charge in [-0.15, -0.1) is 0 Å². The van der Waals surface area contributed by atoms with E-state index in [1.807, 2.05) is 6.92 Å². The van der Waals surface area contributed by atoms with Crippen LogP contribution in [0.4, 0.5) is 4.79 Å². The third kappa shape index (κ3) is 3.51. The molecule has 1 N–H and O–H groups in total. The Bertz CT molecular complexity index is 263. The minimum atomic E-state index is -0.229. The van der Waals surface area contributed by atoms with Crippen LogP contribution in [0.5, 0.6) is 0 Å². The molecule has 0 spiro atoms. The zero-order chi connectivity index (χ0) is 12.3. The summed E-state index contributed by atoms with van der Waals surface area (Å²) < 4.78 is 0. The molecule has 1 atom stereocenters. The highest BCUT2D eigenvalue weighted by molar-refractivity contribution is 5.97. The van der Waals surface area contributed by atoms with E-state index in [9.17, 15) is 9.59 Å². The molecule has 16 heavy (non-hydrogen) atoms. The molecule has 1 aliphatic heterocycles. The highest BCUT2D eigenvalue weighted by Gasteiger charge is 2.33. The number of hydrogen-bond acceptors (Lipinski definition) is 2. The highest BCUT2D eigenvalue weighted by Crippen LogP contribution is 2.24. The van der Waals surface area contributed by atoms with Crippen molar-refractivity contribution in [2.24, 2.45) is 5.41 Å². The fraction of sp³-hybridized carbons (Fsp3) is 0.833. The minimum absolute atomic E-state index is 0.00638. The van der Waals surface area contributed by atoms with Gasteiger partial charge in [0.25, 0.3) is 0 Å². The summed E-state index contributed by atoms with van der Waals surface area (Å²) in [6.45, 7) is 8.82. The van der Waals surface area contributed by atoms with Gasteiger partial charge in [0.1, 0.15) is 0 Å². The van der Waals surface area contributed by atoms with Gasteiger partial charge in [0.2, 0.25) is 5.91 Å². The first kappa shape index (κ1) is 13.0. The summed E-state index contributed by atoms with van der Waals surface area (Å²) in [6.07, 6.45) is 2.08. The first-order valence-electron chi connectivity index (χ1n) is 5.94. The molecule has 3 amide bonds. The van der Waals surface area contributed by atoms with Crippen LogP contribution in [-0.2, 0) is 4.79 Å². The average molecular weight is 226 g/mol. The van der Waals surface area contributed by atoms with Crippen molar-refractivity contribution in [3.05, 3.63) is 0 Å². The van der Waals surface area contributed by atoms with Crippen LogP contribution in [0.1, 0.15) is 47.0 Å². The largest absolute Gasteiger partial charge is 0.334 e. The van der Waals surface area contributed by atoms with Crippen LogP contribution in [-0.4, -0.2) is 29.4 Å². The molecule has 1 heterocycles. The van der Waals surface area contributed by atoms with Gasteiger partial charge in [-0.3, -0.25) is 9.69 Å². The number of carbonyl (C=O) groups excluding carboxylic acids is 2. The van der Waals surface area contributed by atoms with Crippen LogP contribution in [0, 0.1) is 5.41 Å². The molecule has 0 bridgehead atoms. The quantitative estimate of drug-likeness (QED) is 0.801. The number of urea groups is 1. The molecule has 1 unspecified atom stereocenters. The fourth-order valence-corrected chi connectivity index (χ4v) is 2.05. The number of amides is 3. The summed E-state index contributed by atoms with van der Waals surface area (Å²) in [6, 6.07) is -0.236. The maximum atomic E-state index is 11.8. The number of carbonyl (C=O) groups is 2. The van der Waals surface area contributed by atoms with Crippen LogP contribution in [0.15, 0.2) is 0 Å². The summed E-state index contributed by atoms with van der Waals surface area (Å²) >= 11 is 0. The van der Waals surface area contributed by atoms with Crippen molar-refractivity contribution in [2.45, 2.75) is 53.0 Å². The van der Waals surface area contributed by atoms with E-state index in [2.05, 4.69) is 26.1 Å². The maximum Gasteiger partial charge on any atom is 0.324 e. The maximum absolute atomic E-state index is 11.8. The van der Waals surface area contributed by atoms with E-state index < -0.39 is 0 Å². The number of nitrogens with zero attached hydrogens (tertiary/aromatic N) is 1. The van der Waals surface area contributed by atoms with E-state index in [-0.39, 0.29) is 23.4 Å². The Hall–Kier alpha value is -1.06. The monoisotopic (exact) mass is 226 g/mol. The first-order valence-corrected chi connectivity index (χ1v) is 5.94. The van der Waals surface area contributed by atoms with E-state index in [4.69, 9.17) is 0 Å². The second kappa shape index (κ2) is 4.85. The standard InChI is InChI=1S/C12H22N2O2/c1-5-6-14-10(15)7-9(13-11(14)16)8-12(2,3)4/h9H,5-8H2,1-4H3,(H,13,16). The van der Waals surface area contributed by atoms with Gasteiger partial charge in [0, 0.05) is 19.0 Å². The molecule has 0 radical (unpaired) electrons. The van der Waals surface area contributed by atoms with Crippen molar-refractivity contribution in [2.75, 3.05) is 6.54 Å². The fourth-order valence-electron chi connectivity index (χ4n) is 2.05. The minimum Gasteiger partial charge on any atom is -0.334 e. The van der Waals surface area contributed by atoms with Gasteiger partial charge in [0.05, 0.1) is 0 Å². The molecule has 4 heteroatoms. The van der Waals surface area contributed by atoms with Gasteiger partial charge in [-0.2, -0.15) is 0 Å². The van der Waals surface area contributed by atoms with E-state index in [0.717, 1.165) is 12.8 Å². The smallest absolute Gasteiger partial charge is 0.324 e. The Labute approximate surface area is 97.4 Å². The summed E-state index contributed by atoms with van der Waals surface area (Å²) in [5.74, 6) is -0.0418. The normalized spacial score (nSPS) is 22.2. The third-order valence-electron chi connectivity index (χ3n) is 2.60. The second-order valence-corrected chi connectivity index (χ2v) is 5.66. The van der Waals surface area contributed by atoms with Crippen LogP contribution < -0.4 is 5.32 Å². The van der Waals surface area contributed by atoms with Crippen molar-refractivity contribution < 1.29 is 9.59 Å². The molecular formula is C12H22N2O2. The van der Waals surface area contributed by atoms with Crippen molar-refractivity contribution in [3.63, 3.8) is 0 Å². The van der Waals surface area contributed by atoms with Gasteiger partial charge in [-0.25, -0.2) is 4.79 Å². The molecule has 0 aromatic heterocycles. The van der Waals surface area contributed by atoms with Crippen molar-refractivity contribution in [3.8, 4) is 0 Å². The lowest BCUT2D eigenvalue weighted by atomic mass is 9.86. The number of imide groups is 1. The van der Waals surface area contributed by atoms with Gasteiger partial charge < -0.3 is 5.32 Å². The Morgan fingerprint density at radius 3 is 2.44 bits per heavy atom. The van der Waals surface area contributed by atoms with Crippen LogP contribution >= 0.6 is 0 Å². The van der Waals surface area contributed by atoms with Crippen molar-refractivity contribution in [1.29, 1.82) is 0 Å². The second-order valence-electron chi connectivity index (χ2n) is 5.66. The lowest BCUT2D eigenvalue weighted by molar-refractivity contribution is -0.130. The van der Waals surface area contributed by atoms with E-state index in [0.29, 0.717) is 13.0 Å². The molecule has 4 nitrogen and oxygen atoms in total. The van der Waals surface area contributed by atoms with E-state index in [1.165, 1.54) is 4.90 Å². The zero-order valence-corrected chi connectivity index (χ0v) is 10.7. The Morgan fingerprint density at radius 2 is 2.00 bits per heavy atom. The molecule has 1 fully saturated rings. The highest BCUT2D eigenvalue weighted by atomic mass is 16.2. The summed E-state index contributed by atoms with van der Waals surface area (Å²) in [5, 5.41) is 2.90. The topological polar surface area (TPSA) is 49.4 Å². The van der Waals surface area contributed by atoms with Crippen molar-refractivity contribution in [1.82, 2.24) is 10.2 Å². The zero-order valence-electron chi connectivity index (χ0n) is 10.7. The van der Waals surface area contributed by atoms with Gasteiger partial charge >= 0.3 is 6.03 Å².